The molecule has 108 valence electrons. The average Bonchev–Trinajstić information content (AvgIpc) is 2.53. The summed E-state index contributed by atoms with van der Waals surface area (Å²) < 4.78 is 6.39. The van der Waals surface area contributed by atoms with E-state index >= 15 is 0 Å². The molecule has 3 nitrogen and oxygen atoms in total. The van der Waals surface area contributed by atoms with Crippen LogP contribution in [0.1, 0.15) is 16.7 Å². The molecule has 1 heterocycles. The van der Waals surface area contributed by atoms with Crippen LogP contribution in [0.15, 0.2) is 53.0 Å². The van der Waals surface area contributed by atoms with Crippen LogP contribution < -0.4 is 5.32 Å². The second kappa shape index (κ2) is 6.41. The normalized spacial score (nSPS) is 17.1. The molecule has 1 atom stereocenters. The van der Waals surface area contributed by atoms with Gasteiger partial charge in [-0.05, 0) is 23.6 Å². The zero-order chi connectivity index (χ0) is 14.7. The topological polar surface area (TPSA) is 38.3 Å². The number of halogens is 1. The Labute approximate surface area is 132 Å². The van der Waals surface area contributed by atoms with Crippen LogP contribution in [0.25, 0.3) is 0 Å². The maximum atomic E-state index is 12.2. The van der Waals surface area contributed by atoms with Gasteiger partial charge in [0.1, 0.15) is 12.6 Å². The molecule has 2 aromatic carbocycles. The van der Waals surface area contributed by atoms with Crippen LogP contribution in [0.2, 0.25) is 0 Å². The van der Waals surface area contributed by atoms with E-state index in [-0.39, 0.29) is 12.0 Å². The van der Waals surface area contributed by atoms with Crippen molar-refractivity contribution < 1.29 is 9.53 Å². The van der Waals surface area contributed by atoms with E-state index in [1.807, 2.05) is 36.4 Å². The number of nitrogens with one attached hydrogen (secondary N) is 1. The molecule has 0 aromatic heterocycles. The summed E-state index contributed by atoms with van der Waals surface area (Å²) in [6.07, 6.45) is 0.685. The fourth-order valence-corrected chi connectivity index (χ4v) is 2.89. The number of fused-ring (bicyclic) bond motifs is 1. The maximum Gasteiger partial charge on any atom is 0.323 e. The molecule has 21 heavy (non-hydrogen) atoms. The summed E-state index contributed by atoms with van der Waals surface area (Å²) in [4.78, 5) is 12.2. The van der Waals surface area contributed by atoms with Crippen molar-refractivity contribution >= 4 is 21.9 Å². The number of rotatable bonds is 3. The SMILES string of the molecule is O=C(OCc1ccccc1Br)[C@H]1Cc2ccccc2CN1. The highest BCUT2D eigenvalue weighted by atomic mass is 79.9. The van der Waals surface area contributed by atoms with Crippen molar-refractivity contribution in [1.82, 2.24) is 5.32 Å². The largest absolute Gasteiger partial charge is 0.460 e. The minimum absolute atomic E-state index is 0.194. The molecule has 3 rings (SSSR count). The van der Waals surface area contributed by atoms with E-state index in [4.69, 9.17) is 4.74 Å². The van der Waals surface area contributed by atoms with Gasteiger partial charge in [-0.1, -0.05) is 58.4 Å². The Morgan fingerprint density at radius 2 is 1.86 bits per heavy atom. The van der Waals surface area contributed by atoms with Crippen molar-refractivity contribution in [3.8, 4) is 0 Å². The molecule has 0 saturated carbocycles. The fraction of sp³-hybridized carbons (Fsp3) is 0.235. The van der Waals surface area contributed by atoms with Gasteiger partial charge >= 0.3 is 5.97 Å². The number of esters is 1. The van der Waals surface area contributed by atoms with E-state index in [0.717, 1.165) is 10.0 Å². The van der Waals surface area contributed by atoms with Gasteiger partial charge in [-0.15, -0.1) is 0 Å². The zero-order valence-corrected chi connectivity index (χ0v) is 13.1. The smallest absolute Gasteiger partial charge is 0.323 e. The molecular formula is C17H16BrNO2. The zero-order valence-electron chi connectivity index (χ0n) is 11.5. The quantitative estimate of drug-likeness (QED) is 0.868. The summed E-state index contributed by atoms with van der Waals surface area (Å²) in [7, 11) is 0. The lowest BCUT2D eigenvalue weighted by atomic mass is 9.96. The molecule has 0 bridgehead atoms. The Kier molecular flexibility index (Phi) is 4.36. The van der Waals surface area contributed by atoms with Crippen molar-refractivity contribution in [1.29, 1.82) is 0 Å². The van der Waals surface area contributed by atoms with Gasteiger partial charge in [-0.2, -0.15) is 0 Å². The lowest BCUT2D eigenvalue weighted by Crippen LogP contribution is -2.42. The second-order valence-electron chi connectivity index (χ2n) is 5.11. The van der Waals surface area contributed by atoms with Crippen molar-refractivity contribution in [2.45, 2.75) is 25.6 Å². The molecule has 1 N–H and O–H groups in total. The van der Waals surface area contributed by atoms with Gasteiger partial charge in [0.05, 0.1) is 0 Å². The first-order chi connectivity index (χ1) is 10.2. The van der Waals surface area contributed by atoms with Gasteiger partial charge in [0.25, 0.3) is 0 Å². The number of ether oxygens (including phenoxy) is 1. The molecule has 0 aliphatic carbocycles. The molecule has 1 aliphatic rings. The summed E-state index contributed by atoms with van der Waals surface area (Å²) in [6, 6.07) is 15.7. The van der Waals surface area contributed by atoms with Crippen LogP contribution in [0.5, 0.6) is 0 Å². The minimum atomic E-state index is -0.262. The lowest BCUT2D eigenvalue weighted by molar-refractivity contribution is -0.147. The van der Waals surface area contributed by atoms with Crippen molar-refractivity contribution in [2.75, 3.05) is 0 Å². The number of carbonyl (C=O) groups is 1. The predicted molar refractivity (Wildman–Crippen MR) is 84.7 cm³/mol. The standard InChI is InChI=1S/C17H16BrNO2/c18-15-8-4-3-7-14(15)11-21-17(20)16-9-12-5-1-2-6-13(12)10-19-16/h1-8,16,19H,9-11H2/t16-/m1/s1. The average molecular weight is 346 g/mol. The third kappa shape index (κ3) is 3.34. The van der Waals surface area contributed by atoms with E-state index in [9.17, 15) is 4.79 Å². The highest BCUT2D eigenvalue weighted by Gasteiger charge is 2.25. The van der Waals surface area contributed by atoms with E-state index in [1.54, 1.807) is 0 Å². The Bertz CT molecular complexity index is 657. The predicted octanol–water partition coefficient (Wildman–Crippen LogP) is 3.21. The number of benzene rings is 2. The van der Waals surface area contributed by atoms with Crippen LogP contribution in [0, 0.1) is 0 Å². The van der Waals surface area contributed by atoms with Gasteiger partial charge in [0, 0.05) is 16.6 Å². The summed E-state index contributed by atoms with van der Waals surface area (Å²) in [5.41, 5.74) is 3.45. The summed E-state index contributed by atoms with van der Waals surface area (Å²) in [5.74, 6) is -0.194. The third-order valence-electron chi connectivity index (χ3n) is 3.69. The maximum absolute atomic E-state index is 12.2. The number of carbonyl (C=O) groups excluding carboxylic acids is 1. The first-order valence-corrected chi connectivity index (χ1v) is 7.73. The lowest BCUT2D eigenvalue weighted by Gasteiger charge is -2.24. The molecule has 0 radical (unpaired) electrons. The molecule has 2 aromatic rings. The van der Waals surface area contributed by atoms with Crippen LogP contribution >= 0.6 is 15.9 Å². The van der Waals surface area contributed by atoms with Gasteiger partial charge in [0.15, 0.2) is 0 Å². The molecule has 1 aliphatic heterocycles. The Morgan fingerprint density at radius 3 is 2.67 bits per heavy atom. The Morgan fingerprint density at radius 1 is 1.14 bits per heavy atom. The summed E-state index contributed by atoms with van der Waals surface area (Å²) in [6.45, 7) is 1.01. The molecule has 0 amide bonds. The van der Waals surface area contributed by atoms with E-state index in [1.165, 1.54) is 11.1 Å². The van der Waals surface area contributed by atoms with Crippen molar-refractivity contribution in [2.24, 2.45) is 0 Å². The van der Waals surface area contributed by atoms with Crippen LogP contribution in [-0.4, -0.2) is 12.0 Å². The van der Waals surface area contributed by atoms with Crippen LogP contribution in [-0.2, 0) is 29.1 Å². The Balaban J connectivity index is 1.61. The molecule has 0 saturated heterocycles. The van der Waals surface area contributed by atoms with Crippen molar-refractivity contribution in [3.05, 3.63) is 69.7 Å². The minimum Gasteiger partial charge on any atom is -0.460 e. The van der Waals surface area contributed by atoms with Gasteiger partial charge in [-0.3, -0.25) is 4.79 Å². The first kappa shape index (κ1) is 14.3. The second-order valence-corrected chi connectivity index (χ2v) is 5.96. The van der Waals surface area contributed by atoms with E-state index in [0.29, 0.717) is 19.6 Å². The molecule has 0 unspecified atom stereocenters. The molecule has 0 spiro atoms. The van der Waals surface area contributed by atoms with Crippen LogP contribution in [0.3, 0.4) is 0 Å². The van der Waals surface area contributed by atoms with Crippen LogP contribution in [0.4, 0.5) is 0 Å². The third-order valence-corrected chi connectivity index (χ3v) is 4.47. The fourth-order valence-electron chi connectivity index (χ4n) is 2.49. The Hall–Kier alpha value is -1.65. The van der Waals surface area contributed by atoms with Gasteiger partial charge in [-0.25, -0.2) is 0 Å². The number of hydrogen-bond donors (Lipinski definition) is 1. The molecular weight excluding hydrogens is 330 g/mol. The summed E-state index contributed by atoms with van der Waals surface area (Å²) >= 11 is 3.46. The highest BCUT2D eigenvalue weighted by Crippen LogP contribution is 2.19. The van der Waals surface area contributed by atoms with Gasteiger partial charge < -0.3 is 10.1 Å². The van der Waals surface area contributed by atoms with Gasteiger partial charge in [0.2, 0.25) is 0 Å². The molecule has 0 fully saturated rings. The van der Waals surface area contributed by atoms with E-state index in [2.05, 4.69) is 33.4 Å². The first-order valence-electron chi connectivity index (χ1n) is 6.94. The van der Waals surface area contributed by atoms with Crippen molar-refractivity contribution in [3.63, 3.8) is 0 Å². The molecule has 4 heteroatoms. The highest BCUT2D eigenvalue weighted by molar-refractivity contribution is 9.10. The number of hydrogen-bond acceptors (Lipinski definition) is 3. The summed E-state index contributed by atoms with van der Waals surface area (Å²) in [5, 5.41) is 3.24. The van der Waals surface area contributed by atoms with E-state index < -0.39 is 0 Å². The monoisotopic (exact) mass is 345 g/mol.